The molecular formula is C13H22F4N2O2. The highest BCUT2D eigenvalue weighted by Crippen LogP contribution is 2.37. The van der Waals surface area contributed by atoms with Gasteiger partial charge < -0.3 is 15.8 Å². The molecule has 2 saturated carbocycles. The lowest BCUT2D eigenvalue weighted by Gasteiger charge is -2.35. The molecule has 2 rings (SSSR count). The molecule has 3 N–H and O–H groups in total. The first-order valence-electron chi connectivity index (χ1n) is 6.79. The Labute approximate surface area is 121 Å². The van der Waals surface area contributed by atoms with Gasteiger partial charge in [-0.05, 0) is 20.8 Å². The van der Waals surface area contributed by atoms with Crippen LogP contribution in [0.5, 0.6) is 0 Å². The quantitative estimate of drug-likeness (QED) is 0.731. The summed E-state index contributed by atoms with van der Waals surface area (Å²) in [4.78, 5) is 11.1. The smallest absolute Gasteiger partial charge is 0.407 e. The molecule has 0 atom stereocenters. The Morgan fingerprint density at radius 3 is 1.76 bits per heavy atom. The molecule has 8 heteroatoms. The van der Waals surface area contributed by atoms with Crippen LogP contribution >= 0.6 is 0 Å². The van der Waals surface area contributed by atoms with Gasteiger partial charge >= 0.3 is 6.09 Å². The van der Waals surface area contributed by atoms with Gasteiger partial charge in [-0.15, -0.1) is 0 Å². The Bertz CT molecular complexity index is 367. The summed E-state index contributed by atoms with van der Waals surface area (Å²) in [6.45, 7) is 5.17. The van der Waals surface area contributed by atoms with Crippen molar-refractivity contribution in [2.24, 2.45) is 5.73 Å². The van der Waals surface area contributed by atoms with Gasteiger partial charge in [-0.3, -0.25) is 0 Å². The highest BCUT2D eigenvalue weighted by Gasteiger charge is 2.46. The number of rotatable bonds is 1. The normalized spacial score (nSPS) is 24.0. The van der Waals surface area contributed by atoms with E-state index in [0.29, 0.717) is 0 Å². The molecule has 2 aliphatic rings. The minimum absolute atomic E-state index is 0.118. The Kier molecular flexibility index (Phi) is 5.13. The molecule has 0 unspecified atom stereocenters. The summed E-state index contributed by atoms with van der Waals surface area (Å²) in [6.07, 6.45) is -1.43. The van der Waals surface area contributed by atoms with Crippen LogP contribution < -0.4 is 11.1 Å². The Morgan fingerprint density at radius 1 is 1.10 bits per heavy atom. The number of alkyl carbamates (subject to hydrolysis) is 1. The number of carbonyl (C=O) groups is 1. The molecule has 0 aromatic rings. The van der Waals surface area contributed by atoms with E-state index in [0.717, 1.165) is 0 Å². The van der Waals surface area contributed by atoms with E-state index < -0.39 is 29.6 Å². The summed E-state index contributed by atoms with van der Waals surface area (Å²) in [5.41, 5.74) is 4.49. The highest BCUT2D eigenvalue weighted by molar-refractivity contribution is 5.68. The van der Waals surface area contributed by atoms with Crippen LogP contribution in [-0.2, 0) is 4.74 Å². The number of alkyl halides is 4. The van der Waals surface area contributed by atoms with Gasteiger partial charge in [-0.1, -0.05) is 0 Å². The monoisotopic (exact) mass is 314 g/mol. The standard InChI is InChI=1S/C9H15F2NO2.C4H7F2N/c1-8(2,3)14-7(13)12-6-4-9(10,11)5-6;5-4(6)1-3(7)2-4/h6H,4-5H2,1-3H3,(H,12,13);3H,1-2,7H2. The van der Waals surface area contributed by atoms with Gasteiger partial charge in [0.15, 0.2) is 0 Å². The minimum Gasteiger partial charge on any atom is -0.444 e. The molecule has 0 saturated heterocycles. The van der Waals surface area contributed by atoms with Crippen molar-refractivity contribution in [2.45, 2.75) is 76.0 Å². The molecule has 0 radical (unpaired) electrons. The van der Waals surface area contributed by atoms with Gasteiger partial charge in [0.1, 0.15) is 5.60 Å². The number of carbonyl (C=O) groups excluding carboxylic acids is 1. The molecular weight excluding hydrogens is 292 g/mol. The van der Waals surface area contributed by atoms with Gasteiger partial charge in [0, 0.05) is 37.8 Å². The minimum atomic E-state index is -2.61. The van der Waals surface area contributed by atoms with Crippen LogP contribution in [0.3, 0.4) is 0 Å². The zero-order valence-corrected chi connectivity index (χ0v) is 12.4. The van der Waals surface area contributed by atoms with Crippen molar-refractivity contribution in [3.8, 4) is 0 Å². The van der Waals surface area contributed by atoms with E-state index in [2.05, 4.69) is 5.32 Å². The molecule has 0 aliphatic heterocycles. The second-order valence-electron chi connectivity index (χ2n) is 6.63. The third kappa shape index (κ3) is 6.97. The number of nitrogens with two attached hydrogens (primary N) is 1. The number of hydrogen-bond donors (Lipinski definition) is 2. The number of nitrogens with one attached hydrogen (secondary N) is 1. The summed E-state index contributed by atoms with van der Waals surface area (Å²) >= 11 is 0. The average molecular weight is 314 g/mol. The maximum absolute atomic E-state index is 12.4. The molecule has 124 valence electrons. The van der Waals surface area contributed by atoms with Gasteiger partial charge in [-0.2, -0.15) is 0 Å². The molecule has 0 aromatic carbocycles. The van der Waals surface area contributed by atoms with E-state index >= 15 is 0 Å². The maximum atomic E-state index is 12.4. The van der Waals surface area contributed by atoms with E-state index in [1.54, 1.807) is 20.8 Å². The van der Waals surface area contributed by atoms with Gasteiger partial charge in [0.2, 0.25) is 0 Å². The molecule has 21 heavy (non-hydrogen) atoms. The fourth-order valence-corrected chi connectivity index (χ4v) is 1.94. The van der Waals surface area contributed by atoms with Crippen molar-refractivity contribution in [3.05, 3.63) is 0 Å². The van der Waals surface area contributed by atoms with Gasteiger partial charge in [-0.25, -0.2) is 22.4 Å². The first kappa shape index (κ1) is 18.0. The third-order valence-corrected chi connectivity index (χ3v) is 2.93. The van der Waals surface area contributed by atoms with E-state index in [-0.39, 0.29) is 31.7 Å². The van der Waals surface area contributed by atoms with Crippen molar-refractivity contribution in [3.63, 3.8) is 0 Å². The first-order chi connectivity index (χ1) is 9.28. The fourth-order valence-electron chi connectivity index (χ4n) is 1.94. The second-order valence-corrected chi connectivity index (χ2v) is 6.63. The highest BCUT2D eigenvalue weighted by atomic mass is 19.3. The van der Waals surface area contributed by atoms with E-state index in [4.69, 9.17) is 10.5 Å². The molecule has 2 fully saturated rings. The molecule has 0 bridgehead atoms. The van der Waals surface area contributed by atoms with Crippen LogP contribution in [0, 0.1) is 0 Å². The maximum Gasteiger partial charge on any atom is 0.407 e. The fraction of sp³-hybridized carbons (Fsp3) is 0.923. The lowest BCUT2D eigenvalue weighted by molar-refractivity contribution is -0.0924. The topological polar surface area (TPSA) is 64.3 Å². The van der Waals surface area contributed by atoms with Crippen LogP contribution in [0.25, 0.3) is 0 Å². The Balaban J connectivity index is 0.000000262. The summed E-state index contributed by atoms with van der Waals surface area (Å²) < 4.78 is 53.1. The zero-order valence-electron chi connectivity index (χ0n) is 12.4. The summed E-state index contributed by atoms with van der Waals surface area (Å²) in [5.74, 6) is -5.04. The summed E-state index contributed by atoms with van der Waals surface area (Å²) in [7, 11) is 0. The summed E-state index contributed by atoms with van der Waals surface area (Å²) in [6, 6.07) is -0.685. The first-order valence-corrected chi connectivity index (χ1v) is 6.79. The molecule has 2 aliphatic carbocycles. The van der Waals surface area contributed by atoms with Crippen LogP contribution in [0.1, 0.15) is 46.5 Å². The SMILES string of the molecule is CC(C)(C)OC(=O)NC1CC(F)(F)C1.NC1CC(F)(F)C1. The van der Waals surface area contributed by atoms with Crippen LogP contribution in [0.4, 0.5) is 22.4 Å². The zero-order chi connectivity index (χ0) is 16.5. The van der Waals surface area contributed by atoms with E-state index in [1.165, 1.54) is 0 Å². The Hall–Kier alpha value is -1.05. The largest absolute Gasteiger partial charge is 0.444 e. The number of ether oxygens (including phenoxy) is 1. The Morgan fingerprint density at radius 2 is 1.52 bits per heavy atom. The number of hydrogen-bond acceptors (Lipinski definition) is 3. The van der Waals surface area contributed by atoms with Gasteiger partial charge in [0.25, 0.3) is 11.8 Å². The second kappa shape index (κ2) is 5.98. The predicted molar refractivity (Wildman–Crippen MR) is 69.5 cm³/mol. The van der Waals surface area contributed by atoms with E-state index in [1.807, 2.05) is 0 Å². The lowest BCUT2D eigenvalue weighted by atomic mass is 9.88. The van der Waals surface area contributed by atoms with Crippen LogP contribution in [-0.4, -0.2) is 35.6 Å². The molecule has 0 heterocycles. The van der Waals surface area contributed by atoms with Gasteiger partial charge in [0.05, 0.1) is 0 Å². The number of amides is 1. The average Bonchev–Trinajstić information content (AvgIpc) is 2.08. The van der Waals surface area contributed by atoms with Crippen molar-refractivity contribution >= 4 is 6.09 Å². The summed E-state index contributed by atoms with van der Waals surface area (Å²) in [5, 5.41) is 2.39. The lowest BCUT2D eigenvalue weighted by Crippen LogP contribution is -2.51. The molecule has 1 amide bonds. The van der Waals surface area contributed by atoms with Crippen molar-refractivity contribution in [2.75, 3.05) is 0 Å². The molecule has 0 aromatic heterocycles. The predicted octanol–water partition coefficient (Wildman–Crippen LogP) is 3.05. The van der Waals surface area contributed by atoms with Crippen LogP contribution in [0.15, 0.2) is 0 Å². The van der Waals surface area contributed by atoms with Crippen molar-refractivity contribution in [1.29, 1.82) is 0 Å². The van der Waals surface area contributed by atoms with E-state index in [9.17, 15) is 22.4 Å². The molecule has 0 spiro atoms. The van der Waals surface area contributed by atoms with Crippen LogP contribution in [0.2, 0.25) is 0 Å². The molecule has 4 nitrogen and oxygen atoms in total. The number of halogens is 4. The van der Waals surface area contributed by atoms with Crippen molar-refractivity contribution in [1.82, 2.24) is 5.32 Å². The third-order valence-electron chi connectivity index (χ3n) is 2.93. The van der Waals surface area contributed by atoms with Crippen molar-refractivity contribution < 1.29 is 27.1 Å².